The topological polar surface area (TPSA) is 76.4 Å². The molecule has 0 saturated heterocycles. The number of alkyl halides is 2. The van der Waals surface area contributed by atoms with E-state index in [0.29, 0.717) is 44.1 Å². The molecule has 0 aromatic heterocycles. The van der Waals surface area contributed by atoms with E-state index < -0.39 is 24.3 Å². The largest absolute Gasteiger partial charge is 0.460 e. The molecular formula is C33H47F2NO4. The Morgan fingerprint density at radius 3 is 1.73 bits per heavy atom. The van der Waals surface area contributed by atoms with Gasteiger partial charge in [-0.25, -0.2) is 18.4 Å². The summed E-state index contributed by atoms with van der Waals surface area (Å²) in [4.78, 5) is 24.2. The fraction of sp³-hybridized carbons (Fsp3) is 0.727. The summed E-state index contributed by atoms with van der Waals surface area (Å²) in [5, 5.41) is 9.91. The van der Waals surface area contributed by atoms with Gasteiger partial charge in [0.1, 0.15) is 12.2 Å². The minimum Gasteiger partial charge on any atom is -0.460 e. The maximum absolute atomic E-state index is 14.1. The van der Waals surface area contributed by atoms with E-state index in [0.717, 1.165) is 62.5 Å². The molecule has 0 amide bonds. The zero-order valence-electron chi connectivity index (χ0n) is 24.3. The highest BCUT2D eigenvalue weighted by atomic mass is 19.1. The molecule has 2 unspecified atom stereocenters. The van der Waals surface area contributed by atoms with Crippen LogP contribution < -0.4 is 0 Å². The monoisotopic (exact) mass is 559 g/mol. The molecule has 222 valence electrons. The average Bonchev–Trinajstić information content (AvgIpc) is 2.97. The number of benzene rings is 1. The van der Waals surface area contributed by atoms with E-state index in [1.807, 2.05) is 19.9 Å². The van der Waals surface area contributed by atoms with Crippen molar-refractivity contribution in [3.05, 3.63) is 34.9 Å². The number of carbonyl (C=O) groups is 2. The maximum atomic E-state index is 14.1. The summed E-state index contributed by atoms with van der Waals surface area (Å²) in [6, 6.07) is 8.54. The third-order valence-electron chi connectivity index (χ3n) is 8.66. The Morgan fingerprint density at radius 2 is 1.27 bits per heavy atom. The molecule has 1 aromatic rings. The van der Waals surface area contributed by atoms with Crippen molar-refractivity contribution >= 4 is 11.9 Å². The molecule has 5 nitrogen and oxygen atoms in total. The van der Waals surface area contributed by atoms with E-state index in [4.69, 9.17) is 9.47 Å². The van der Waals surface area contributed by atoms with Crippen LogP contribution in [0.15, 0.2) is 18.2 Å². The van der Waals surface area contributed by atoms with Crippen molar-refractivity contribution in [2.24, 2.45) is 0 Å². The first-order valence-corrected chi connectivity index (χ1v) is 15.6. The Balaban J connectivity index is 1.47. The summed E-state index contributed by atoms with van der Waals surface area (Å²) in [6.45, 7) is 4.09. The Morgan fingerprint density at radius 1 is 0.800 bits per heavy atom. The van der Waals surface area contributed by atoms with Gasteiger partial charge in [0.15, 0.2) is 12.3 Å². The molecule has 2 fully saturated rings. The number of hydrogen-bond acceptors (Lipinski definition) is 5. The van der Waals surface area contributed by atoms with Crippen molar-refractivity contribution in [2.45, 2.75) is 153 Å². The van der Waals surface area contributed by atoms with Crippen LogP contribution >= 0.6 is 0 Å². The zero-order chi connectivity index (χ0) is 28.9. The summed E-state index contributed by atoms with van der Waals surface area (Å²) in [5.41, 5.74) is 2.82. The second kappa shape index (κ2) is 16.7. The van der Waals surface area contributed by atoms with Gasteiger partial charge >= 0.3 is 11.9 Å². The summed E-state index contributed by atoms with van der Waals surface area (Å²) in [6.07, 6.45) is 8.07. The fourth-order valence-corrected chi connectivity index (χ4v) is 6.15. The summed E-state index contributed by atoms with van der Waals surface area (Å²) >= 11 is 0. The first kappa shape index (κ1) is 32.0. The van der Waals surface area contributed by atoms with Crippen molar-refractivity contribution in [3.63, 3.8) is 0 Å². The van der Waals surface area contributed by atoms with Crippen LogP contribution in [0.4, 0.5) is 8.78 Å². The van der Waals surface area contributed by atoms with E-state index in [1.165, 1.54) is 0 Å². The third-order valence-corrected chi connectivity index (χ3v) is 8.66. The van der Waals surface area contributed by atoms with E-state index >= 15 is 0 Å². The molecule has 0 aliphatic heterocycles. The van der Waals surface area contributed by atoms with E-state index in [-0.39, 0.29) is 36.9 Å². The van der Waals surface area contributed by atoms with Crippen molar-refractivity contribution in [2.75, 3.05) is 0 Å². The number of unbranched alkanes of at least 4 members (excludes halogenated alkanes) is 4. The van der Waals surface area contributed by atoms with Gasteiger partial charge in [-0.05, 0) is 106 Å². The zero-order valence-corrected chi connectivity index (χ0v) is 24.3. The third kappa shape index (κ3) is 9.56. The number of rotatable bonds is 14. The van der Waals surface area contributed by atoms with Crippen LogP contribution in [0.2, 0.25) is 0 Å². The molecule has 7 heteroatoms. The molecule has 1 aromatic carbocycles. The molecule has 40 heavy (non-hydrogen) atoms. The Labute approximate surface area is 239 Å². The molecular weight excluding hydrogens is 512 g/mol. The molecule has 2 atom stereocenters. The van der Waals surface area contributed by atoms with Crippen LogP contribution in [0.1, 0.15) is 145 Å². The quantitative estimate of drug-likeness (QED) is 0.169. The van der Waals surface area contributed by atoms with Crippen LogP contribution in [-0.4, -0.2) is 36.5 Å². The number of carbonyl (C=O) groups excluding carboxylic acids is 2. The molecule has 2 saturated carbocycles. The number of hydrogen-bond donors (Lipinski definition) is 0. The highest BCUT2D eigenvalue weighted by Crippen LogP contribution is 2.39. The van der Waals surface area contributed by atoms with Gasteiger partial charge in [-0.15, -0.1) is 0 Å². The number of esters is 2. The Bertz CT molecular complexity index is 977. The number of halogens is 2. The lowest BCUT2D eigenvalue weighted by Crippen LogP contribution is -2.29. The lowest BCUT2D eigenvalue weighted by atomic mass is 9.78. The number of ether oxygens (including phenoxy) is 2. The van der Waals surface area contributed by atoms with Crippen LogP contribution in [-0.2, 0) is 19.1 Å². The van der Waals surface area contributed by atoms with Gasteiger partial charge in [0.2, 0.25) is 0 Å². The van der Waals surface area contributed by atoms with Crippen LogP contribution in [0.3, 0.4) is 0 Å². The molecule has 0 N–H and O–H groups in total. The summed E-state index contributed by atoms with van der Waals surface area (Å²) < 4.78 is 39.1. The smallest absolute Gasteiger partial charge is 0.340 e. The van der Waals surface area contributed by atoms with Crippen LogP contribution in [0, 0.1) is 11.3 Å². The standard InChI is InChI=1S/C33H47F2NO4/c1-3-5-7-9-30(34)32(37)39-27-16-11-23(12-17-27)25-15-20-29(26(21-25)22-36)24-13-18-28(19-14-24)40-33(38)31(35)10-8-6-4-2/h15,20-21,23-24,27-28,30-31H,3-14,16-19H2,1-2H3. The molecule has 0 spiro atoms. The Hall–Kier alpha value is -2.49. The second-order valence-corrected chi connectivity index (χ2v) is 11.7. The van der Waals surface area contributed by atoms with Crippen molar-refractivity contribution in [1.82, 2.24) is 0 Å². The Kier molecular flexibility index (Phi) is 13.4. The highest BCUT2D eigenvalue weighted by Gasteiger charge is 2.31. The molecule has 0 bridgehead atoms. The van der Waals surface area contributed by atoms with Crippen molar-refractivity contribution in [3.8, 4) is 6.07 Å². The summed E-state index contributed by atoms with van der Waals surface area (Å²) in [5.74, 6) is -0.965. The van der Waals surface area contributed by atoms with Gasteiger partial charge in [-0.1, -0.05) is 51.7 Å². The van der Waals surface area contributed by atoms with E-state index in [2.05, 4.69) is 18.2 Å². The van der Waals surface area contributed by atoms with Gasteiger partial charge in [0.05, 0.1) is 11.6 Å². The molecule has 0 radical (unpaired) electrons. The van der Waals surface area contributed by atoms with Crippen LogP contribution in [0.25, 0.3) is 0 Å². The fourth-order valence-electron chi connectivity index (χ4n) is 6.15. The minimum atomic E-state index is -1.54. The van der Waals surface area contributed by atoms with Crippen molar-refractivity contribution in [1.29, 1.82) is 5.26 Å². The second-order valence-electron chi connectivity index (χ2n) is 11.7. The average molecular weight is 560 g/mol. The summed E-state index contributed by atoms with van der Waals surface area (Å²) in [7, 11) is 0. The normalized spacial score (nSPS) is 24.5. The van der Waals surface area contributed by atoms with Gasteiger partial charge in [0.25, 0.3) is 0 Å². The van der Waals surface area contributed by atoms with E-state index in [1.54, 1.807) is 0 Å². The first-order valence-electron chi connectivity index (χ1n) is 15.6. The maximum Gasteiger partial charge on any atom is 0.340 e. The number of nitrogens with zero attached hydrogens (tertiary/aromatic N) is 1. The van der Waals surface area contributed by atoms with E-state index in [9.17, 15) is 23.6 Å². The molecule has 2 aliphatic rings. The van der Waals surface area contributed by atoms with Gasteiger partial charge in [-0.2, -0.15) is 5.26 Å². The first-order chi connectivity index (χ1) is 19.4. The predicted molar refractivity (Wildman–Crippen MR) is 151 cm³/mol. The number of nitriles is 1. The lowest BCUT2D eigenvalue weighted by molar-refractivity contribution is -0.157. The molecule has 2 aliphatic carbocycles. The SMILES string of the molecule is CCCCCC(F)C(=O)OC1CCC(c2ccc(C3CCC(OC(=O)C(F)CCCCC)CC3)c(C#N)c2)CC1. The molecule has 0 heterocycles. The van der Waals surface area contributed by atoms with Gasteiger partial charge < -0.3 is 9.47 Å². The lowest BCUT2D eigenvalue weighted by Gasteiger charge is -2.31. The van der Waals surface area contributed by atoms with Crippen LogP contribution in [0.5, 0.6) is 0 Å². The highest BCUT2D eigenvalue weighted by molar-refractivity contribution is 5.75. The van der Waals surface area contributed by atoms with Crippen molar-refractivity contribution < 1.29 is 27.8 Å². The minimum absolute atomic E-state index is 0.213. The van der Waals surface area contributed by atoms with Gasteiger partial charge in [0, 0.05) is 0 Å². The predicted octanol–water partition coefficient (Wildman–Crippen LogP) is 8.53. The molecule has 3 rings (SSSR count). The van der Waals surface area contributed by atoms with Gasteiger partial charge in [-0.3, -0.25) is 0 Å².